The van der Waals surface area contributed by atoms with Gasteiger partial charge in [-0.05, 0) is 17.7 Å². The van der Waals surface area contributed by atoms with Crippen LogP contribution in [0.1, 0.15) is 17.3 Å². The van der Waals surface area contributed by atoms with E-state index in [-0.39, 0.29) is 18.0 Å². The van der Waals surface area contributed by atoms with E-state index in [0.29, 0.717) is 12.3 Å². The monoisotopic (exact) mass is 350 g/mol. The van der Waals surface area contributed by atoms with Crippen molar-refractivity contribution in [3.63, 3.8) is 0 Å². The lowest BCUT2D eigenvalue weighted by Crippen LogP contribution is -2.32. The largest absolute Gasteiger partial charge is 0.368 e. The Kier molecular flexibility index (Phi) is 3.80. The van der Waals surface area contributed by atoms with Crippen molar-refractivity contribution in [2.75, 3.05) is 13.1 Å². The normalized spacial score (nSPS) is 22.2. The molecular weight excluding hydrogens is 331 g/mol. The zero-order chi connectivity index (χ0) is 17.5. The smallest absolute Gasteiger partial charge is 0.123 e. The van der Waals surface area contributed by atoms with Crippen molar-refractivity contribution in [3.8, 4) is 11.3 Å². The van der Waals surface area contributed by atoms with Gasteiger partial charge in [0.15, 0.2) is 0 Å². The molecule has 0 spiro atoms. The topological polar surface area (TPSA) is 43.2 Å². The van der Waals surface area contributed by atoms with Crippen LogP contribution in [0.3, 0.4) is 0 Å². The van der Waals surface area contributed by atoms with Crippen LogP contribution in [-0.4, -0.2) is 39.1 Å². The fourth-order valence-electron chi connectivity index (χ4n) is 3.96. The molecule has 1 fully saturated rings. The fraction of sp³-hybridized carbons (Fsp3) is 0.300. The van der Waals surface area contributed by atoms with Crippen LogP contribution in [0.2, 0.25) is 0 Å². The van der Waals surface area contributed by atoms with Crippen LogP contribution < -0.4 is 0 Å². The molecule has 0 radical (unpaired) electrons. The summed E-state index contributed by atoms with van der Waals surface area (Å²) < 4.78 is 21.7. The van der Waals surface area contributed by atoms with E-state index in [2.05, 4.69) is 39.5 Å². The van der Waals surface area contributed by atoms with Crippen LogP contribution in [0.4, 0.5) is 4.39 Å². The molecule has 3 heterocycles. The van der Waals surface area contributed by atoms with Gasteiger partial charge < -0.3 is 4.74 Å². The second-order valence-electron chi connectivity index (χ2n) is 6.94. The third-order valence-corrected chi connectivity index (χ3v) is 5.20. The third kappa shape index (κ3) is 2.71. The van der Waals surface area contributed by atoms with Crippen LogP contribution in [-0.2, 0) is 17.9 Å². The predicted octanol–water partition coefficient (Wildman–Crippen LogP) is 3.04. The number of rotatable bonds is 3. The molecule has 0 saturated carbocycles. The molecule has 2 atom stereocenters. The second-order valence-corrected chi connectivity index (χ2v) is 6.94. The maximum atomic E-state index is 13.6. The number of hydrogen-bond acceptors (Lipinski definition) is 4. The van der Waals surface area contributed by atoms with Crippen LogP contribution in [0.25, 0.3) is 11.3 Å². The minimum atomic E-state index is -0.270. The summed E-state index contributed by atoms with van der Waals surface area (Å²) in [6.45, 7) is 3.11. The number of fused-ring (bicyclic) bond motifs is 3. The fourth-order valence-corrected chi connectivity index (χ4v) is 3.96. The summed E-state index contributed by atoms with van der Waals surface area (Å²) >= 11 is 0. The van der Waals surface area contributed by atoms with E-state index in [4.69, 9.17) is 4.74 Å². The predicted molar refractivity (Wildman–Crippen MR) is 94.7 cm³/mol. The molecule has 0 bridgehead atoms. The van der Waals surface area contributed by atoms with E-state index in [1.54, 1.807) is 6.07 Å². The van der Waals surface area contributed by atoms with E-state index >= 15 is 0 Å². The van der Waals surface area contributed by atoms with E-state index < -0.39 is 0 Å². The number of halogens is 1. The Hall–Kier alpha value is -2.57. The zero-order valence-corrected chi connectivity index (χ0v) is 14.3. The lowest BCUT2D eigenvalue weighted by Gasteiger charge is -2.26. The van der Waals surface area contributed by atoms with E-state index in [1.165, 1.54) is 17.7 Å². The van der Waals surface area contributed by atoms with Gasteiger partial charge in [0.25, 0.3) is 0 Å². The van der Waals surface area contributed by atoms with Gasteiger partial charge in [0.1, 0.15) is 11.5 Å². The van der Waals surface area contributed by atoms with Crippen molar-refractivity contribution in [1.82, 2.24) is 19.9 Å². The Labute approximate surface area is 151 Å². The highest BCUT2D eigenvalue weighted by atomic mass is 19.1. The number of benzene rings is 2. The highest BCUT2D eigenvalue weighted by molar-refractivity contribution is 5.61. The van der Waals surface area contributed by atoms with Crippen molar-refractivity contribution in [3.05, 3.63) is 71.7 Å². The molecule has 0 aliphatic carbocycles. The first-order valence-corrected chi connectivity index (χ1v) is 8.86. The standard InChI is InChI=1S/C20H19FN4O/c21-16-8-4-7-15(9-16)20-18-13-26-19-12-24(10-14-5-2-1-3-6-14)11-17(19)25(18)23-22-20/h1-9,17,19H,10-13H2/t17-,19-/m1/s1. The third-order valence-electron chi connectivity index (χ3n) is 5.20. The first-order chi connectivity index (χ1) is 12.8. The summed E-state index contributed by atoms with van der Waals surface area (Å²) in [5.74, 6) is -0.270. The van der Waals surface area contributed by atoms with Gasteiger partial charge in [0.2, 0.25) is 0 Å². The lowest BCUT2D eigenvalue weighted by atomic mass is 10.1. The molecule has 1 saturated heterocycles. The van der Waals surface area contributed by atoms with Gasteiger partial charge >= 0.3 is 0 Å². The van der Waals surface area contributed by atoms with Crippen molar-refractivity contribution < 1.29 is 9.13 Å². The molecule has 6 heteroatoms. The Morgan fingerprint density at radius 1 is 1.08 bits per heavy atom. The molecule has 26 heavy (non-hydrogen) atoms. The Bertz CT molecular complexity index is 927. The number of hydrogen-bond donors (Lipinski definition) is 0. The number of ether oxygens (including phenoxy) is 1. The zero-order valence-electron chi connectivity index (χ0n) is 14.3. The first-order valence-electron chi connectivity index (χ1n) is 8.86. The Morgan fingerprint density at radius 3 is 2.81 bits per heavy atom. The van der Waals surface area contributed by atoms with Gasteiger partial charge in [0.05, 0.1) is 24.4 Å². The summed E-state index contributed by atoms with van der Waals surface area (Å²) in [6.07, 6.45) is 0.119. The van der Waals surface area contributed by atoms with Crippen LogP contribution in [0.5, 0.6) is 0 Å². The van der Waals surface area contributed by atoms with Gasteiger partial charge in [-0.1, -0.05) is 47.7 Å². The average Bonchev–Trinajstić information content (AvgIpc) is 3.25. The van der Waals surface area contributed by atoms with Gasteiger partial charge in [-0.2, -0.15) is 0 Å². The molecule has 2 aromatic carbocycles. The van der Waals surface area contributed by atoms with Gasteiger partial charge in [-0.15, -0.1) is 5.10 Å². The minimum absolute atomic E-state index is 0.119. The highest BCUT2D eigenvalue weighted by Gasteiger charge is 2.40. The maximum Gasteiger partial charge on any atom is 0.123 e. The molecule has 0 unspecified atom stereocenters. The summed E-state index contributed by atoms with van der Waals surface area (Å²) in [5.41, 5.74) is 3.68. The van der Waals surface area contributed by atoms with Gasteiger partial charge in [-0.25, -0.2) is 9.07 Å². The lowest BCUT2D eigenvalue weighted by molar-refractivity contribution is -0.00494. The van der Waals surface area contributed by atoms with Crippen LogP contribution in [0.15, 0.2) is 54.6 Å². The number of nitrogens with zero attached hydrogens (tertiary/aromatic N) is 4. The molecule has 2 aliphatic heterocycles. The summed E-state index contributed by atoms with van der Waals surface area (Å²) in [5, 5.41) is 8.71. The van der Waals surface area contributed by atoms with E-state index in [1.807, 2.05) is 16.8 Å². The second kappa shape index (κ2) is 6.30. The first kappa shape index (κ1) is 15.7. The molecule has 132 valence electrons. The molecule has 3 aromatic rings. The van der Waals surface area contributed by atoms with E-state index in [0.717, 1.165) is 30.9 Å². The van der Waals surface area contributed by atoms with E-state index in [9.17, 15) is 4.39 Å². The number of aromatic nitrogens is 3. The molecule has 0 N–H and O–H groups in total. The molecule has 0 amide bonds. The van der Waals surface area contributed by atoms with Crippen molar-refractivity contribution in [2.45, 2.75) is 25.3 Å². The van der Waals surface area contributed by atoms with Crippen LogP contribution in [0, 0.1) is 5.82 Å². The van der Waals surface area contributed by atoms with Crippen molar-refractivity contribution >= 4 is 0 Å². The average molecular weight is 350 g/mol. The van der Waals surface area contributed by atoms with Crippen molar-refractivity contribution in [1.29, 1.82) is 0 Å². The molecule has 5 nitrogen and oxygen atoms in total. The minimum Gasteiger partial charge on any atom is -0.368 e. The number of likely N-dealkylation sites (tertiary alicyclic amines) is 1. The maximum absolute atomic E-state index is 13.6. The Balaban J connectivity index is 1.40. The molecule has 1 aromatic heterocycles. The molecule has 2 aliphatic rings. The quantitative estimate of drug-likeness (QED) is 0.728. The summed E-state index contributed by atoms with van der Waals surface area (Å²) in [4.78, 5) is 2.39. The van der Waals surface area contributed by atoms with Crippen molar-refractivity contribution in [2.24, 2.45) is 0 Å². The van der Waals surface area contributed by atoms with Gasteiger partial charge in [-0.3, -0.25) is 4.90 Å². The Morgan fingerprint density at radius 2 is 1.96 bits per heavy atom. The summed E-state index contributed by atoms with van der Waals surface area (Å²) in [7, 11) is 0. The molecular formula is C20H19FN4O. The van der Waals surface area contributed by atoms with Gasteiger partial charge in [0, 0.05) is 25.2 Å². The van der Waals surface area contributed by atoms with Crippen LogP contribution >= 0.6 is 0 Å². The highest BCUT2D eigenvalue weighted by Crippen LogP contribution is 2.34. The summed E-state index contributed by atoms with van der Waals surface area (Å²) in [6, 6.07) is 17.1. The molecule has 5 rings (SSSR count). The SMILES string of the molecule is Fc1cccc(-c2nnn3c2CO[C@@H]2CN(Cc4ccccc4)C[C@H]23)c1.